The second-order valence-electron chi connectivity index (χ2n) is 22.2. The number of likely N-dealkylation sites (tertiary alicyclic amines) is 1. The molecule has 0 radical (unpaired) electrons. The first kappa shape index (κ1) is 54.0. The van der Waals surface area contributed by atoms with Crippen LogP contribution in [0.3, 0.4) is 0 Å². The quantitative estimate of drug-likeness (QED) is 0.0920. The minimum absolute atomic E-state index is 0.00694. The minimum Gasteiger partial charge on any atom is -0.489 e. The van der Waals surface area contributed by atoms with Crippen LogP contribution in [0.5, 0.6) is 23.0 Å². The second kappa shape index (κ2) is 22.4. The molecule has 6 aliphatic rings. The molecule has 4 atom stereocenters. The molecule has 74 heavy (non-hydrogen) atoms. The highest BCUT2D eigenvalue weighted by molar-refractivity contribution is 7.91. The normalized spacial score (nSPS) is 26.8. The first-order chi connectivity index (χ1) is 35.4. The Morgan fingerprint density at radius 3 is 2.35 bits per heavy atom. The molecule has 2 aliphatic carbocycles. The summed E-state index contributed by atoms with van der Waals surface area (Å²) < 4.78 is 67.3. The van der Waals surface area contributed by atoms with Crippen molar-refractivity contribution in [1.29, 1.82) is 5.26 Å². The SMILES string of the molecule is CCS(=O)(=O)c1ccc(Oc2cccc(OCCOC3CCN(C4CCC(C(=O)NC5C(C)(C)C(Oc6ccc(C#N)c(Cl)c6)C5(C)C)NN4C4CCCCCC4)CC3)c2F)c(C2=CN(C)C(=O)C3NCCC23)c1. The van der Waals surface area contributed by atoms with Gasteiger partial charge in [-0.25, -0.2) is 18.9 Å². The molecule has 3 aromatic rings. The van der Waals surface area contributed by atoms with Gasteiger partial charge < -0.3 is 34.5 Å². The molecule has 2 saturated carbocycles. The van der Waals surface area contributed by atoms with Crippen LogP contribution in [0.2, 0.25) is 5.02 Å². The van der Waals surface area contributed by atoms with Crippen LogP contribution in [0.25, 0.3) is 5.57 Å². The zero-order chi connectivity index (χ0) is 52.5. The van der Waals surface area contributed by atoms with Gasteiger partial charge in [0.1, 0.15) is 36.3 Å². The van der Waals surface area contributed by atoms with Gasteiger partial charge in [0, 0.05) is 66.8 Å². The Morgan fingerprint density at radius 1 is 0.919 bits per heavy atom. The molecule has 0 spiro atoms. The van der Waals surface area contributed by atoms with Crippen molar-refractivity contribution in [3.63, 3.8) is 0 Å². The number of halogens is 2. The van der Waals surface area contributed by atoms with Crippen molar-refractivity contribution < 1.29 is 41.3 Å². The molecular weight excluding hydrogens is 985 g/mol. The molecule has 0 bridgehead atoms. The van der Waals surface area contributed by atoms with Crippen molar-refractivity contribution in [2.24, 2.45) is 16.7 Å². The summed E-state index contributed by atoms with van der Waals surface area (Å²) in [5.74, 6) is -0.246. The number of ether oxygens (including phenoxy) is 4. The van der Waals surface area contributed by atoms with E-state index in [1.807, 2.05) is 0 Å². The fourth-order valence-corrected chi connectivity index (χ4v) is 14.0. The van der Waals surface area contributed by atoms with Crippen LogP contribution in [0, 0.1) is 33.9 Å². The zero-order valence-electron chi connectivity index (χ0n) is 43.6. The molecule has 4 aliphatic heterocycles. The Hall–Kier alpha value is -4.80. The number of amides is 2. The number of sulfone groups is 1. The number of fused-ring (bicyclic) bond motifs is 1. The summed E-state index contributed by atoms with van der Waals surface area (Å²) >= 11 is 6.34. The summed E-state index contributed by atoms with van der Waals surface area (Å²) in [4.78, 5) is 31.4. The monoisotopic (exact) mass is 1060 g/mol. The predicted molar refractivity (Wildman–Crippen MR) is 281 cm³/mol. The average molecular weight is 1060 g/mol. The molecule has 18 heteroatoms. The van der Waals surface area contributed by atoms with Crippen LogP contribution < -0.4 is 30.3 Å². The number of carbonyl (C=O) groups is 2. The first-order valence-electron chi connectivity index (χ1n) is 26.7. The van der Waals surface area contributed by atoms with E-state index < -0.39 is 21.7 Å². The summed E-state index contributed by atoms with van der Waals surface area (Å²) in [5, 5.41) is 18.8. The maximum Gasteiger partial charge on any atom is 0.244 e. The number of piperidine rings is 1. The highest BCUT2D eigenvalue weighted by Gasteiger charge is 2.64. The Labute approximate surface area is 441 Å². The zero-order valence-corrected chi connectivity index (χ0v) is 45.2. The Kier molecular flexibility index (Phi) is 16.4. The van der Waals surface area contributed by atoms with Crippen LogP contribution in [0.15, 0.2) is 65.7 Å². The van der Waals surface area contributed by atoms with Crippen molar-refractivity contribution in [2.75, 3.05) is 45.6 Å². The number of nitrogens with one attached hydrogen (secondary N) is 3. The van der Waals surface area contributed by atoms with E-state index in [9.17, 15) is 23.3 Å². The summed E-state index contributed by atoms with van der Waals surface area (Å²) in [5.41, 5.74) is 4.67. The van der Waals surface area contributed by atoms with E-state index in [-0.39, 0.29) is 100 Å². The average Bonchev–Trinajstić information content (AvgIpc) is 3.76. The molecule has 4 heterocycles. The van der Waals surface area contributed by atoms with Crippen molar-refractivity contribution in [3.8, 4) is 29.1 Å². The number of rotatable bonds is 16. The van der Waals surface area contributed by atoms with Crippen LogP contribution in [-0.4, -0.2) is 123 Å². The molecule has 3 saturated heterocycles. The van der Waals surface area contributed by atoms with Crippen molar-refractivity contribution in [1.82, 2.24) is 30.9 Å². The van der Waals surface area contributed by atoms with Gasteiger partial charge in [-0.2, -0.15) is 9.65 Å². The predicted octanol–water partition coefficient (Wildman–Crippen LogP) is 8.60. The summed E-state index contributed by atoms with van der Waals surface area (Å²) in [6, 6.07) is 15.9. The van der Waals surface area contributed by atoms with E-state index in [0.29, 0.717) is 47.3 Å². The third kappa shape index (κ3) is 11.1. The van der Waals surface area contributed by atoms with E-state index in [1.54, 1.807) is 62.6 Å². The van der Waals surface area contributed by atoms with Crippen LogP contribution >= 0.6 is 11.6 Å². The van der Waals surface area contributed by atoms with Gasteiger partial charge in [0.15, 0.2) is 21.3 Å². The van der Waals surface area contributed by atoms with E-state index >= 15 is 4.39 Å². The molecule has 4 unspecified atom stereocenters. The van der Waals surface area contributed by atoms with Gasteiger partial charge in [-0.15, -0.1) is 0 Å². The van der Waals surface area contributed by atoms with Gasteiger partial charge in [-0.05, 0) is 99.5 Å². The lowest BCUT2D eigenvalue weighted by molar-refractivity contribution is -0.176. The molecule has 5 fully saturated rings. The highest BCUT2D eigenvalue weighted by Crippen LogP contribution is 2.56. The summed E-state index contributed by atoms with van der Waals surface area (Å²) in [7, 11) is -1.91. The largest absolute Gasteiger partial charge is 0.489 e. The van der Waals surface area contributed by atoms with Gasteiger partial charge >= 0.3 is 0 Å². The number of hydrazine groups is 1. The highest BCUT2D eigenvalue weighted by atomic mass is 35.5. The molecule has 15 nitrogen and oxygen atoms in total. The Morgan fingerprint density at radius 2 is 1.65 bits per heavy atom. The Bertz CT molecular complexity index is 2720. The molecule has 2 amide bonds. The molecule has 3 aromatic carbocycles. The van der Waals surface area contributed by atoms with Crippen molar-refractivity contribution in [2.45, 2.75) is 153 Å². The number of hydrogen-bond acceptors (Lipinski definition) is 13. The molecule has 0 aromatic heterocycles. The number of hydrogen-bond donors (Lipinski definition) is 3. The fourth-order valence-electron chi connectivity index (χ4n) is 12.9. The smallest absolute Gasteiger partial charge is 0.244 e. The van der Waals surface area contributed by atoms with E-state index in [0.717, 1.165) is 50.8 Å². The van der Waals surface area contributed by atoms with Gasteiger partial charge in [-0.3, -0.25) is 14.5 Å². The fraction of sp³-hybridized carbons (Fsp3) is 0.589. The summed E-state index contributed by atoms with van der Waals surface area (Å²) in [6.07, 6.45) is 12.6. The van der Waals surface area contributed by atoms with E-state index in [2.05, 4.69) is 59.7 Å². The number of nitrogens with zero attached hydrogens (tertiary/aromatic N) is 4. The summed E-state index contributed by atoms with van der Waals surface area (Å²) in [6.45, 7) is 12.8. The molecular formula is C56H73ClFN7O8S. The van der Waals surface area contributed by atoms with Crippen molar-refractivity contribution >= 4 is 38.8 Å². The van der Waals surface area contributed by atoms with Gasteiger partial charge in [0.2, 0.25) is 17.6 Å². The van der Waals surface area contributed by atoms with E-state index in [1.165, 1.54) is 42.7 Å². The van der Waals surface area contributed by atoms with Crippen LogP contribution in [0.4, 0.5) is 4.39 Å². The number of benzene rings is 3. The molecule has 3 N–H and O–H groups in total. The molecule has 400 valence electrons. The second-order valence-corrected chi connectivity index (χ2v) is 24.9. The minimum atomic E-state index is -3.58. The lowest BCUT2D eigenvalue weighted by atomic mass is 9.49. The van der Waals surface area contributed by atoms with Gasteiger partial charge in [0.25, 0.3) is 0 Å². The standard InChI is InChI=1S/C56H73ClFN7O8S/c1-7-74(68,69)39-19-21-45(41(32-39)42-34-63(6)52(67)50-40(42)23-26-60-50)73-47-16-12-15-46(49(47)58)71-30-29-70-37-24-27-64(28-25-37)48-22-20-44(62-65(48)36-13-10-8-9-11-14-36)51(66)61-53-55(2,3)54(56(53,4)5)72-38-18-17-35(33-59)43(57)31-38/h12,15-19,21,31-32,34,36-37,40,44,48,50,53-54,60,62H,7-11,13-14,20,22-30H2,1-6H3,(H,61,66). The van der Waals surface area contributed by atoms with Crippen LogP contribution in [-0.2, 0) is 24.2 Å². The van der Waals surface area contributed by atoms with Crippen LogP contribution in [0.1, 0.15) is 116 Å². The molecule has 9 rings (SSSR count). The maximum atomic E-state index is 16.2. The third-order valence-corrected chi connectivity index (χ3v) is 18.7. The van der Waals surface area contributed by atoms with Gasteiger partial charge in [0.05, 0.1) is 46.2 Å². The third-order valence-electron chi connectivity index (χ3n) is 16.6. The lowest BCUT2D eigenvalue weighted by Crippen LogP contribution is -2.76. The van der Waals surface area contributed by atoms with Crippen molar-refractivity contribution in [3.05, 3.63) is 82.8 Å². The van der Waals surface area contributed by atoms with Gasteiger partial charge in [-0.1, -0.05) is 78.0 Å². The topological polar surface area (TPSA) is 175 Å². The first-order valence-corrected chi connectivity index (χ1v) is 28.7. The Balaban J connectivity index is 0.787. The maximum absolute atomic E-state index is 16.2. The number of carbonyl (C=O) groups excluding carboxylic acids is 2. The van der Waals surface area contributed by atoms with E-state index in [4.69, 9.17) is 30.5 Å². The number of nitriles is 1. The lowest BCUT2D eigenvalue weighted by Gasteiger charge is -2.63. The number of likely N-dealkylation sites (N-methyl/N-ethyl adjacent to an activating group) is 1.